The summed E-state index contributed by atoms with van der Waals surface area (Å²) >= 11 is 0. The Morgan fingerprint density at radius 3 is 2.38 bits per heavy atom. The van der Waals surface area contributed by atoms with Crippen molar-refractivity contribution in [2.45, 2.75) is 44.0 Å². The zero-order valence-electron chi connectivity index (χ0n) is 12.6. The molecule has 2 rings (SSSR count). The summed E-state index contributed by atoms with van der Waals surface area (Å²) in [5.74, 6) is 1.02. The molecular weight excluding hydrogens is 292 g/mol. The van der Waals surface area contributed by atoms with Gasteiger partial charge in [0.1, 0.15) is 0 Å². The summed E-state index contributed by atoms with van der Waals surface area (Å²) in [6.45, 7) is 5.94. The summed E-state index contributed by atoms with van der Waals surface area (Å²) in [7, 11) is -3.63. The third-order valence-corrected chi connectivity index (χ3v) is 5.53. The van der Waals surface area contributed by atoms with E-state index in [4.69, 9.17) is 15.2 Å². The number of sulfonamides is 1. The normalized spacial score (nSPS) is 14.5. The van der Waals surface area contributed by atoms with Crippen molar-refractivity contribution in [1.82, 2.24) is 4.72 Å². The molecule has 0 amide bonds. The quantitative estimate of drug-likeness (QED) is 0.831. The average Bonchev–Trinajstić information content (AvgIpc) is 2.91. The predicted molar refractivity (Wildman–Crippen MR) is 80.0 cm³/mol. The van der Waals surface area contributed by atoms with E-state index in [2.05, 4.69) is 4.72 Å². The zero-order valence-corrected chi connectivity index (χ0v) is 13.4. The molecule has 0 radical (unpaired) electrons. The highest BCUT2D eigenvalue weighted by atomic mass is 32.2. The Morgan fingerprint density at radius 2 is 1.81 bits per heavy atom. The molecule has 1 heterocycles. The Morgan fingerprint density at radius 1 is 1.24 bits per heavy atom. The summed E-state index contributed by atoms with van der Waals surface area (Å²) in [5.41, 5.74) is 6.22. The Labute approximate surface area is 125 Å². The second-order valence-corrected chi connectivity index (χ2v) is 7.10. The van der Waals surface area contributed by atoms with Gasteiger partial charge >= 0.3 is 0 Å². The first kappa shape index (κ1) is 16.1. The number of rotatable bonds is 6. The van der Waals surface area contributed by atoms with Gasteiger partial charge in [-0.2, -0.15) is 0 Å². The number of hydrogen-bond donors (Lipinski definition) is 2. The minimum atomic E-state index is -3.63. The third kappa shape index (κ3) is 3.30. The van der Waals surface area contributed by atoms with Crippen molar-refractivity contribution in [1.29, 1.82) is 0 Å². The molecule has 1 aliphatic rings. The molecule has 6 nitrogen and oxygen atoms in total. The second-order valence-electron chi connectivity index (χ2n) is 5.36. The molecule has 0 aliphatic carbocycles. The van der Waals surface area contributed by atoms with Crippen LogP contribution in [0.2, 0.25) is 0 Å². The van der Waals surface area contributed by atoms with Crippen molar-refractivity contribution in [2.24, 2.45) is 5.73 Å². The van der Waals surface area contributed by atoms with E-state index in [0.717, 1.165) is 0 Å². The van der Waals surface area contributed by atoms with Crippen LogP contribution in [0.25, 0.3) is 0 Å². The van der Waals surface area contributed by atoms with Gasteiger partial charge in [0.15, 0.2) is 11.5 Å². The van der Waals surface area contributed by atoms with Crippen molar-refractivity contribution in [3.63, 3.8) is 0 Å². The van der Waals surface area contributed by atoms with Crippen molar-refractivity contribution in [3.05, 3.63) is 17.7 Å². The smallest absolute Gasteiger partial charge is 0.241 e. The first-order valence-electron chi connectivity index (χ1n) is 7.00. The lowest BCUT2D eigenvalue weighted by molar-refractivity contribution is 0.174. The van der Waals surface area contributed by atoms with E-state index < -0.39 is 15.6 Å². The van der Waals surface area contributed by atoms with Crippen molar-refractivity contribution >= 4 is 10.0 Å². The Hall–Kier alpha value is -1.31. The third-order valence-electron chi connectivity index (χ3n) is 3.98. The van der Waals surface area contributed by atoms with Crippen LogP contribution in [0.15, 0.2) is 17.0 Å². The molecule has 0 atom stereocenters. The highest BCUT2D eigenvalue weighted by Gasteiger charge is 2.27. The molecule has 3 N–H and O–H groups in total. The van der Waals surface area contributed by atoms with Gasteiger partial charge in [0.2, 0.25) is 16.8 Å². The largest absolute Gasteiger partial charge is 0.454 e. The fraction of sp³-hybridized carbons (Fsp3) is 0.571. The van der Waals surface area contributed by atoms with Gasteiger partial charge in [0.05, 0.1) is 4.90 Å². The minimum Gasteiger partial charge on any atom is -0.454 e. The number of hydrogen-bond acceptors (Lipinski definition) is 5. The van der Waals surface area contributed by atoms with Gasteiger partial charge in [-0.05, 0) is 31.4 Å². The fourth-order valence-corrected chi connectivity index (χ4v) is 3.51. The van der Waals surface area contributed by atoms with Gasteiger partial charge in [-0.15, -0.1) is 0 Å². The van der Waals surface area contributed by atoms with Crippen LogP contribution in [0.3, 0.4) is 0 Å². The molecule has 21 heavy (non-hydrogen) atoms. The minimum absolute atomic E-state index is 0.114. The molecule has 0 saturated carbocycles. The summed E-state index contributed by atoms with van der Waals surface area (Å²) in [6.07, 6.45) is 1.40. The van der Waals surface area contributed by atoms with Crippen LogP contribution in [0.5, 0.6) is 11.5 Å². The van der Waals surface area contributed by atoms with Gasteiger partial charge in [0.25, 0.3) is 0 Å². The van der Waals surface area contributed by atoms with Crippen molar-refractivity contribution in [2.75, 3.05) is 13.3 Å². The van der Waals surface area contributed by atoms with Gasteiger partial charge in [0, 0.05) is 18.2 Å². The molecular formula is C14H22N2O4S. The van der Waals surface area contributed by atoms with Gasteiger partial charge in [-0.3, -0.25) is 0 Å². The Kier molecular flexibility index (Phi) is 4.46. The fourth-order valence-electron chi connectivity index (χ4n) is 2.13. The maximum absolute atomic E-state index is 12.5. The number of nitrogens with one attached hydrogen (secondary N) is 1. The number of fused-ring (bicyclic) bond motifs is 1. The van der Waals surface area contributed by atoms with E-state index in [1.165, 1.54) is 6.07 Å². The molecule has 118 valence electrons. The lowest BCUT2D eigenvalue weighted by atomic mass is 9.95. The van der Waals surface area contributed by atoms with Crippen LogP contribution in [0.4, 0.5) is 0 Å². The first-order chi connectivity index (χ1) is 9.81. The van der Waals surface area contributed by atoms with Crippen LogP contribution < -0.4 is 19.9 Å². The van der Waals surface area contributed by atoms with E-state index in [0.29, 0.717) is 29.9 Å². The number of benzene rings is 1. The lowest BCUT2D eigenvalue weighted by Crippen LogP contribution is -2.49. The van der Waals surface area contributed by atoms with Crippen LogP contribution >= 0.6 is 0 Å². The molecule has 0 saturated heterocycles. The standard InChI is InChI=1S/C14H22N2O4S/c1-4-14(15,5-2)8-16-21(17,18)13-7-12-11(6-10(13)3)19-9-20-12/h6-7,16H,4-5,8-9,15H2,1-3H3. The zero-order chi connectivity index (χ0) is 15.7. The van der Waals surface area contributed by atoms with Gasteiger partial charge in [-0.1, -0.05) is 13.8 Å². The molecule has 0 spiro atoms. The Balaban J connectivity index is 2.24. The summed E-state index contributed by atoms with van der Waals surface area (Å²) in [5, 5.41) is 0. The number of aryl methyl sites for hydroxylation is 1. The highest BCUT2D eigenvalue weighted by molar-refractivity contribution is 7.89. The molecule has 1 aromatic carbocycles. The van der Waals surface area contributed by atoms with Gasteiger partial charge in [-0.25, -0.2) is 13.1 Å². The molecule has 1 aromatic rings. The molecule has 0 aromatic heterocycles. The van der Waals surface area contributed by atoms with Gasteiger partial charge < -0.3 is 15.2 Å². The highest BCUT2D eigenvalue weighted by Crippen LogP contribution is 2.36. The lowest BCUT2D eigenvalue weighted by Gasteiger charge is -2.26. The van der Waals surface area contributed by atoms with Crippen LogP contribution in [0, 0.1) is 6.92 Å². The van der Waals surface area contributed by atoms with E-state index in [1.54, 1.807) is 13.0 Å². The van der Waals surface area contributed by atoms with Crippen LogP contribution in [-0.4, -0.2) is 27.3 Å². The number of ether oxygens (including phenoxy) is 2. The van der Waals surface area contributed by atoms with E-state index in [9.17, 15) is 8.42 Å². The van der Waals surface area contributed by atoms with E-state index in [1.807, 2.05) is 13.8 Å². The van der Waals surface area contributed by atoms with E-state index in [-0.39, 0.29) is 18.2 Å². The maximum Gasteiger partial charge on any atom is 0.241 e. The average molecular weight is 314 g/mol. The molecule has 0 unspecified atom stereocenters. The Bertz CT molecular complexity index is 624. The van der Waals surface area contributed by atoms with E-state index >= 15 is 0 Å². The monoisotopic (exact) mass is 314 g/mol. The van der Waals surface area contributed by atoms with Crippen LogP contribution in [-0.2, 0) is 10.0 Å². The topological polar surface area (TPSA) is 90.7 Å². The predicted octanol–water partition coefficient (Wildman–Crippen LogP) is 1.52. The summed E-state index contributed by atoms with van der Waals surface area (Å²) in [4.78, 5) is 0.196. The molecule has 1 aliphatic heterocycles. The van der Waals surface area contributed by atoms with Crippen molar-refractivity contribution < 1.29 is 17.9 Å². The maximum atomic E-state index is 12.5. The van der Waals surface area contributed by atoms with Crippen molar-refractivity contribution in [3.8, 4) is 11.5 Å². The molecule has 0 bridgehead atoms. The molecule has 0 fully saturated rings. The first-order valence-corrected chi connectivity index (χ1v) is 8.48. The summed E-state index contributed by atoms with van der Waals surface area (Å²) < 4.78 is 38.0. The SMILES string of the molecule is CCC(N)(CC)CNS(=O)(=O)c1cc2c(cc1C)OCO2. The summed E-state index contributed by atoms with van der Waals surface area (Å²) in [6, 6.07) is 3.17. The molecule has 7 heteroatoms. The van der Waals surface area contributed by atoms with Crippen LogP contribution in [0.1, 0.15) is 32.3 Å². The number of nitrogens with two attached hydrogens (primary N) is 1. The second kappa shape index (κ2) is 5.82.